The van der Waals surface area contributed by atoms with Gasteiger partial charge in [-0.1, -0.05) is 6.92 Å². The number of hydrogen-bond acceptors (Lipinski definition) is 3. The molecule has 0 aliphatic heterocycles. The first-order valence-electron chi connectivity index (χ1n) is 6.92. The van der Waals surface area contributed by atoms with E-state index in [0.717, 1.165) is 24.6 Å². The van der Waals surface area contributed by atoms with Gasteiger partial charge in [0.2, 0.25) is 0 Å². The van der Waals surface area contributed by atoms with Crippen molar-refractivity contribution in [3.8, 4) is 0 Å². The van der Waals surface area contributed by atoms with Gasteiger partial charge < -0.3 is 5.32 Å². The predicted octanol–water partition coefficient (Wildman–Crippen LogP) is 2.96. The van der Waals surface area contributed by atoms with Gasteiger partial charge in [0.15, 0.2) is 0 Å². The van der Waals surface area contributed by atoms with E-state index in [9.17, 15) is 0 Å². The van der Waals surface area contributed by atoms with Crippen molar-refractivity contribution in [3.05, 3.63) is 17.6 Å². The molecule has 0 saturated heterocycles. The Morgan fingerprint density at radius 2 is 2.06 bits per heavy atom. The van der Waals surface area contributed by atoms with Gasteiger partial charge in [-0.3, -0.25) is 0 Å². The lowest BCUT2D eigenvalue weighted by Gasteiger charge is -2.20. The van der Waals surface area contributed by atoms with E-state index in [1.165, 1.54) is 43.4 Å². The number of aromatic nitrogens is 2. The molecule has 0 amide bonds. The Bertz CT molecular complexity index is 402. The topological polar surface area (TPSA) is 37.8 Å². The van der Waals surface area contributed by atoms with Crippen molar-refractivity contribution in [2.45, 2.75) is 57.9 Å². The summed E-state index contributed by atoms with van der Waals surface area (Å²) in [5.74, 6) is 1.99. The van der Waals surface area contributed by atoms with Crippen LogP contribution in [0.15, 0.2) is 6.33 Å². The van der Waals surface area contributed by atoms with Gasteiger partial charge in [-0.15, -0.1) is 0 Å². The molecule has 17 heavy (non-hydrogen) atoms. The van der Waals surface area contributed by atoms with Crippen LogP contribution in [0.3, 0.4) is 0 Å². The molecule has 1 N–H and O–H groups in total. The van der Waals surface area contributed by atoms with Crippen molar-refractivity contribution < 1.29 is 0 Å². The second kappa shape index (κ2) is 4.63. The van der Waals surface area contributed by atoms with Crippen molar-refractivity contribution in [2.75, 3.05) is 5.32 Å². The zero-order chi connectivity index (χ0) is 11.7. The van der Waals surface area contributed by atoms with Crippen LogP contribution < -0.4 is 5.32 Å². The van der Waals surface area contributed by atoms with E-state index in [2.05, 4.69) is 22.2 Å². The fourth-order valence-electron chi connectivity index (χ4n) is 3.18. The SMILES string of the molecule is CC1CCC(Nc2ncnc3c2CCCC3)C1. The highest BCUT2D eigenvalue weighted by Gasteiger charge is 2.23. The summed E-state index contributed by atoms with van der Waals surface area (Å²) in [6.45, 7) is 2.34. The Kier molecular flexibility index (Phi) is 3.00. The Balaban J connectivity index is 1.78. The Morgan fingerprint density at radius 1 is 1.18 bits per heavy atom. The van der Waals surface area contributed by atoms with Crippen LogP contribution in [0.1, 0.15) is 50.3 Å². The molecule has 2 unspecified atom stereocenters. The summed E-state index contributed by atoms with van der Waals surface area (Å²) < 4.78 is 0. The molecule has 1 fully saturated rings. The van der Waals surface area contributed by atoms with Crippen LogP contribution in [0, 0.1) is 5.92 Å². The van der Waals surface area contributed by atoms with Gasteiger partial charge >= 0.3 is 0 Å². The van der Waals surface area contributed by atoms with Crippen molar-refractivity contribution >= 4 is 5.82 Å². The van der Waals surface area contributed by atoms with E-state index in [4.69, 9.17) is 0 Å². The van der Waals surface area contributed by atoms with E-state index in [1.54, 1.807) is 6.33 Å². The fraction of sp³-hybridized carbons (Fsp3) is 0.714. The van der Waals surface area contributed by atoms with E-state index in [-0.39, 0.29) is 0 Å². The standard InChI is InChI=1S/C14H21N3/c1-10-6-7-11(8-10)17-14-12-4-2-3-5-13(12)15-9-16-14/h9-11H,2-8H2,1H3,(H,15,16,17). The van der Waals surface area contributed by atoms with Crippen LogP contribution in [0.25, 0.3) is 0 Å². The number of aryl methyl sites for hydroxylation is 1. The molecule has 3 rings (SSSR count). The molecular weight excluding hydrogens is 210 g/mol. The molecule has 0 bridgehead atoms. The number of rotatable bonds is 2. The second-order valence-electron chi connectivity index (χ2n) is 5.61. The molecule has 0 aromatic carbocycles. The highest BCUT2D eigenvalue weighted by molar-refractivity contribution is 5.47. The molecule has 1 saturated carbocycles. The molecule has 3 heteroatoms. The minimum Gasteiger partial charge on any atom is -0.367 e. The highest BCUT2D eigenvalue weighted by Crippen LogP contribution is 2.30. The van der Waals surface area contributed by atoms with Gasteiger partial charge in [0.25, 0.3) is 0 Å². The summed E-state index contributed by atoms with van der Waals surface area (Å²) in [7, 11) is 0. The third kappa shape index (κ3) is 2.28. The number of nitrogens with one attached hydrogen (secondary N) is 1. The van der Waals surface area contributed by atoms with Crippen LogP contribution >= 0.6 is 0 Å². The fourth-order valence-corrected chi connectivity index (χ4v) is 3.18. The van der Waals surface area contributed by atoms with Crippen LogP contribution in [0.5, 0.6) is 0 Å². The second-order valence-corrected chi connectivity index (χ2v) is 5.61. The molecule has 1 heterocycles. The monoisotopic (exact) mass is 231 g/mol. The molecule has 0 spiro atoms. The van der Waals surface area contributed by atoms with Crippen molar-refractivity contribution in [1.29, 1.82) is 0 Å². The predicted molar refractivity (Wildman–Crippen MR) is 69.1 cm³/mol. The van der Waals surface area contributed by atoms with Gasteiger partial charge in [-0.2, -0.15) is 0 Å². The largest absolute Gasteiger partial charge is 0.367 e. The summed E-state index contributed by atoms with van der Waals surface area (Å²) >= 11 is 0. The summed E-state index contributed by atoms with van der Waals surface area (Å²) in [5, 5.41) is 3.65. The maximum atomic E-state index is 4.46. The minimum absolute atomic E-state index is 0.630. The van der Waals surface area contributed by atoms with E-state index < -0.39 is 0 Å². The van der Waals surface area contributed by atoms with Gasteiger partial charge in [0.05, 0.1) is 0 Å². The van der Waals surface area contributed by atoms with Crippen LogP contribution in [0.4, 0.5) is 5.82 Å². The van der Waals surface area contributed by atoms with Crippen molar-refractivity contribution in [3.63, 3.8) is 0 Å². The number of hydrogen-bond donors (Lipinski definition) is 1. The van der Waals surface area contributed by atoms with Crippen molar-refractivity contribution in [2.24, 2.45) is 5.92 Å². The normalized spacial score (nSPS) is 27.8. The zero-order valence-corrected chi connectivity index (χ0v) is 10.6. The molecule has 92 valence electrons. The van der Waals surface area contributed by atoms with Gasteiger partial charge in [-0.05, 0) is 50.9 Å². The smallest absolute Gasteiger partial charge is 0.133 e. The summed E-state index contributed by atoms with van der Waals surface area (Å²) in [6.07, 6.45) is 10.5. The average molecular weight is 231 g/mol. The number of nitrogens with zero attached hydrogens (tertiary/aromatic N) is 2. The first-order chi connectivity index (χ1) is 8.33. The number of anilines is 1. The molecular formula is C14H21N3. The lowest BCUT2D eigenvalue weighted by atomic mass is 9.96. The quantitative estimate of drug-likeness (QED) is 0.850. The summed E-state index contributed by atoms with van der Waals surface area (Å²) in [5.41, 5.74) is 2.66. The van der Waals surface area contributed by atoms with E-state index in [0.29, 0.717) is 6.04 Å². The molecule has 2 aliphatic rings. The Hall–Kier alpha value is -1.12. The van der Waals surface area contributed by atoms with Crippen LogP contribution in [0.2, 0.25) is 0 Å². The zero-order valence-electron chi connectivity index (χ0n) is 10.6. The van der Waals surface area contributed by atoms with Crippen LogP contribution in [-0.4, -0.2) is 16.0 Å². The first-order valence-corrected chi connectivity index (χ1v) is 6.92. The maximum absolute atomic E-state index is 4.46. The molecule has 1 aromatic heterocycles. The summed E-state index contributed by atoms with van der Waals surface area (Å²) in [6, 6.07) is 0.630. The Morgan fingerprint density at radius 3 is 2.88 bits per heavy atom. The molecule has 2 atom stereocenters. The van der Waals surface area contributed by atoms with Crippen molar-refractivity contribution in [1.82, 2.24) is 9.97 Å². The van der Waals surface area contributed by atoms with Crippen LogP contribution in [-0.2, 0) is 12.8 Å². The van der Waals surface area contributed by atoms with Gasteiger partial charge in [-0.25, -0.2) is 9.97 Å². The number of fused-ring (bicyclic) bond motifs is 1. The third-order valence-corrected chi connectivity index (χ3v) is 4.16. The Labute approximate surface area is 103 Å². The van der Waals surface area contributed by atoms with E-state index >= 15 is 0 Å². The maximum Gasteiger partial charge on any atom is 0.133 e. The highest BCUT2D eigenvalue weighted by atomic mass is 15.0. The summed E-state index contributed by atoms with van der Waals surface area (Å²) in [4.78, 5) is 8.88. The third-order valence-electron chi connectivity index (χ3n) is 4.16. The lowest BCUT2D eigenvalue weighted by Crippen LogP contribution is -2.19. The van der Waals surface area contributed by atoms with Gasteiger partial charge in [0.1, 0.15) is 12.1 Å². The molecule has 1 aromatic rings. The molecule has 0 radical (unpaired) electrons. The van der Waals surface area contributed by atoms with Gasteiger partial charge in [0, 0.05) is 17.3 Å². The average Bonchev–Trinajstić information content (AvgIpc) is 2.75. The lowest BCUT2D eigenvalue weighted by molar-refractivity contribution is 0.601. The first kappa shape index (κ1) is 11.0. The molecule has 3 nitrogen and oxygen atoms in total. The minimum atomic E-state index is 0.630. The van der Waals surface area contributed by atoms with E-state index in [1.807, 2.05) is 0 Å². The molecule has 2 aliphatic carbocycles.